The van der Waals surface area contributed by atoms with E-state index in [4.69, 9.17) is 9.73 Å². The molecule has 1 aliphatic carbocycles. The van der Waals surface area contributed by atoms with Crippen molar-refractivity contribution >= 4 is 29.9 Å². The van der Waals surface area contributed by atoms with E-state index in [9.17, 15) is 8.78 Å². The fraction of sp³-hybridized carbons (Fsp3) is 0.682. The molecule has 2 aliphatic rings. The van der Waals surface area contributed by atoms with Gasteiger partial charge in [-0.25, -0.2) is 4.99 Å². The average molecular weight is 552 g/mol. The second-order valence-corrected chi connectivity index (χ2v) is 7.85. The first-order valence-electron chi connectivity index (χ1n) is 11.1. The molecule has 0 spiro atoms. The van der Waals surface area contributed by atoms with Gasteiger partial charge in [0.2, 0.25) is 0 Å². The maximum atomic E-state index is 12.6. The van der Waals surface area contributed by atoms with E-state index in [1.54, 1.807) is 19.1 Å². The Morgan fingerprint density at radius 1 is 1.19 bits per heavy atom. The molecule has 1 aromatic rings. The molecule has 1 saturated heterocycles. The number of halogens is 3. The standard InChI is InChI=1S/C22H34F2N4O2.HI/c1-3-25-22(27-17-11-12-28(15-17)18-7-5-6-8-18)26-14-16-9-10-19(30-21(23)24)20(13-16)29-4-2;/h9-10,13,17-18,21H,3-8,11-12,14-15H2,1-2H3,(H2,25,26,27);1H. The molecule has 2 N–H and O–H groups in total. The molecule has 1 aliphatic heterocycles. The van der Waals surface area contributed by atoms with Gasteiger partial charge < -0.3 is 20.1 Å². The number of guanidine groups is 1. The minimum absolute atomic E-state index is 0. The normalized spacial score (nSPS) is 20.0. The van der Waals surface area contributed by atoms with Crippen molar-refractivity contribution in [2.24, 2.45) is 4.99 Å². The van der Waals surface area contributed by atoms with Crippen molar-refractivity contribution in [1.82, 2.24) is 15.5 Å². The molecular formula is C22H35F2IN4O2. The predicted molar refractivity (Wildman–Crippen MR) is 130 cm³/mol. The van der Waals surface area contributed by atoms with Gasteiger partial charge in [-0.3, -0.25) is 4.90 Å². The van der Waals surface area contributed by atoms with Crippen LogP contribution in [0, 0.1) is 0 Å². The van der Waals surface area contributed by atoms with E-state index in [2.05, 4.69) is 20.3 Å². The van der Waals surface area contributed by atoms with E-state index in [0.717, 1.165) is 43.6 Å². The van der Waals surface area contributed by atoms with Gasteiger partial charge >= 0.3 is 6.61 Å². The van der Waals surface area contributed by atoms with Crippen LogP contribution >= 0.6 is 24.0 Å². The van der Waals surface area contributed by atoms with Gasteiger partial charge in [0.1, 0.15) is 0 Å². The minimum atomic E-state index is -2.88. The molecule has 1 unspecified atom stereocenters. The molecule has 0 bridgehead atoms. The Bertz CT molecular complexity index is 702. The first-order valence-corrected chi connectivity index (χ1v) is 11.1. The number of hydrogen-bond acceptors (Lipinski definition) is 4. The number of likely N-dealkylation sites (tertiary alicyclic amines) is 1. The highest BCUT2D eigenvalue weighted by Gasteiger charge is 2.30. The maximum Gasteiger partial charge on any atom is 0.387 e. The fourth-order valence-corrected chi connectivity index (χ4v) is 4.30. The van der Waals surface area contributed by atoms with Crippen LogP contribution in [0.15, 0.2) is 23.2 Å². The Morgan fingerprint density at radius 2 is 1.97 bits per heavy atom. The second-order valence-electron chi connectivity index (χ2n) is 7.85. The van der Waals surface area contributed by atoms with Gasteiger partial charge in [0.05, 0.1) is 13.2 Å². The lowest BCUT2D eigenvalue weighted by atomic mass is 10.2. The third-order valence-electron chi connectivity index (χ3n) is 5.69. The first kappa shape index (κ1) is 25.9. The number of rotatable bonds is 9. The molecule has 31 heavy (non-hydrogen) atoms. The fourth-order valence-electron chi connectivity index (χ4n) is 4.30. The molecule has 176 valence electrons. The minimum Gasteiger partial charge on any atom is -0.490 e. The third kappa shape index (κ3) is 7.93. The van der Waals surface area contributed by atoms with Crippen molar-refractivity contribution in [1.29, 1.82) is 0 Å². The summed E-state index contributed by atoms with van der Waals surface area (Å²) in [4.78, 5) is 7.31. The maximum absolute atomic E-state index is 12.6. The summed E-state index contributed by atoms with van der Waals surface area (Å²) in [6.45, 7) is 4.73. The Kier molecular flexibility index (Phi) is 11.1. The van der Waals surface area contributed by atoms with Crippen molar-refractivity contribution in [3.63, 3.8) is 0 Å². The van der Waals surface area contributed by atoms with E-state index in [0.29, 0.717) is 24.9 Å². The Labute approximate surface area is 201 Å². The highest BCUT2D eigenvalue weighted by molar-refractivity contribution is 14.0. The summed E-state index contributed by atoms with van der Waals surface area (Å²) in [5.41, 5.74) is 0.872. The number of alkyl halides is 2. The van der Waals surface area contributed by atoms with Crippen LogP contribution in [-0.4, -0.2) is 55.8 Å². The van der Waals surface area contributed by atoms with Crippen LogP contribution < -0.4 is 20.1 Å². The largest absolute Gasteiger partial charge is 0.490 e. The predicted octanol–water partition coefficient (Wildman–Crippen LogP) is 4.38. The van der Waals surface area contributed by atoms with Gasteiger partial charge in [-0.05, 0) is 50.8 Å². The highest BCUT2D eigenvalue weighted by Crippen LogP contribution is 2.30. The lowest BCUT2D eigenvalue weighted by Crippen LogP contribution is -2.45. The van der Waals surface area contributed by atoms with Gasteiger partial charge in [-0.15, -0.1) is 24.0 Å². The molecule has 6 nitrogen and oxygen atoms in total. The monoisotopic (exact) mass is 552 g/mol. The van der Waals surface area contributed by atoms with Crippen LogP contribution in [0.5, 0.6) is 11.5 Å². The highest BCUT2D eigenvalue weighted by atomic mass is 127. The summed E-state index contributed by atoms with van der Waals surface area (Å²) in [5.74, 6) is 1.13. The van der Waals surface area contributed by atoms with Gasteiger partial charge in [0, 0.05) is 31.7 Å². The number of aliphatic imine (C=N–C) groups is 1. The van der Waals surface area contributed by atoms with Crippen LogP contribution in [0.25, 0.3) is 0 Å². The molecule has 0 radical (unpaired) electrons. The summed E-state index contributed by atoms with van der Waals surface area (Å²) >= 11 is 0. The molecule has 2 fully saturated rings. The van der Waals surface area contributed by atoms with E-state index in [1.165, 1.54) is 31.7 Å². The van der Waals surface area contributed by atoms with Crippen LogP contribution in [0.1, 0.15) is 51.5 Å². The smallest absolute Gasteiger partial charge is 0.387 e. The number of nitrogens with one attached hydrogen (secondary N) is 2. The zero-order chi connectivity index (χ0) is 21.3. The quantitative estimate of drug-likeness (QED) is 0.271. The van der Waals surface area contributed by atoms with Gasteiger partial charge in [-0.1, -0.05) is 18.9 Å². The molecule has 0 amide bonds. The summed E-state index contributed by atoms with van der Waals surface area (Å²) in [7, 11) is 0. The van der Waals surface area contributed by atoms with Crippen molar-refractivity contribution in [2.75, 3.05) is 26.2 Å². The Hall–Kier alpha value is -1.36. The molecule has 0 aromatic heterocycles. The van der Waals surface area contributed by atoms with Crippen molar-refractivity contribution in [3.05, 3.63) is 23.8 Å². The van der Waals surface area contributed by atoms with Crippen molar-refractivity contribution < 1.29 is 18.3 Å². The zero-order valence-corrected chi connectivity index (χ0v) is 20.7. The second kappa shape index (κ2) is 13.2. The van der Waals surface area contributed by atoms with E-state index >= 15 is 0 Å². The molecule has 9 heteroatoms. The topological polar surface area (TPSA) is 58.1 Å². The third-order valence-corrected chi connectivity index (χ3v) is 5.69. The Balaban J connectivity index is 0.00000341. The number of ether oxygens (including phenoxy) is 2. The van der Waals surface area contributed by atoms with Gasteiger partial charge in [0.25, 0.3) is 0 Å². The van der Waals surface area contributed by atoms with Crippen molar-refractivity contribution in [3.8, 4) is 11.5 Å². The lowest BCUT2D eigenvalue weighted by Gasteiger charge is -2.24. The zero-order valence-electron chi connectivity index (χ0n) is 18.4. The molecular weight excluding hydrogens is 517 g/mol. The summed E-state index contributed by atoms with van der Waals surface area (Å²) < 4.78 is 35.2. The SMILES string of the molecule is CCNC(=NCc1ccc(OC(F)F)c(OCC)c1)NC1CCN(C2CCCC2)C1.I. The number of nitrogens with zero attached hydrogens (tertiary/aromatic N) is 2. The summed E-state index contributed by atoms with van der Waals surface area (Å²) in [6.07, 6.45) is 6.49. The molecule has 1 heterocycles. The lowest BCUT2D eigenvalue weighted by molar-refractivity contribution is -0.0514. The van der Waals surface area contributed by atoms with Crippen LogP contribution in [0.4, 0.5) is 8.78 Å². The average Bonchev–Trinajstić information content (AvgIpc) is 3.39. The van der Waals surface area contributed by atoms with Crippen LogP contribution in [0.3, 0.4) is 0 Å². The number of benzene rings is 1. The van der Waals surface area contributed by atoms with E-state index in [1.807, 2.05) is 6.92 Å². The molecule has 1 aromatic carbocycles. The van der Waals surface area contributed by atoms with E-state index in [-0.39, 0.29) is 29.7 Å². The van der Waals surface area contributed by atoms with Gasteiger partial charge in [-0.2, -0.15) is 8.78 Å². The molecule has 1 atom stereocenters. The van der Waals surface area contributed by atoms with E-state index < -0.39 is 6.61 Å². The van der Waals surface area contributed by atoms with Crippen LogP contribution in [-0.2, 0) is 6.54 Å². The first-order chi connectivity index (χ1) is 14.6. The van der Waals surface area contributed by atoms with Crippen molar-refractivity contribution in [2.45, 2.75) is 71.2 Å². The molecule has 3 rings (SSSR count). The summed E-state index contributed by atoms with van der Waals surface area (Å²) in [5, 5.41) is 6.87. The summed E-state index contributed by atoms with van der Waals surface area (Å²) in [6, 6.07) is 6.11. The Morgan fingerprint density at radius 3 is 2.65 bits per heavy atom. The molecule has 1 saturated carbocycles. The van der Waals surface area contributed by atoms with Crippen LogP contribution in [0.2, 0.25) is 0 Å². The number of hydrogen-bond donors (Lipinski definition) is 2. The van der Waals surface area contributed by atoms with Gasteiger partial charge in [0.15, 0.2) is 17.5 Å².